The molecule has 0 spiro atoms. The fourth-order valence-corrected chi connectivity index (χ4v) is 3.17. The highest BCUT2D eigenvalue weighted by Crippen LogP contribution is 2.17. The monoisotopic (exact) mass is 544 g/mol. The van der Waals surface area contributed by atoms with Gasteiger partial charge in [0.2, 0.25) is 0 Å². The second-order valence-electron chi connectivity index (χ2n) is 8.11. The summed E-state index contributed by atoms with van der Waals surface area (Å²) in [5.41, 5.74) is 10.3. The summed E-state index contributed by atoms with van der Waals surface area (Å²) in [4.78, 5) is 25.8. The van der Waals surface area contributed by atoms with E-state index in [0.717, 1.165) is 5.69 Å². The molecule has 0 amide bonds. The molecule has 212 valence electrons. The van der Waals surface area contributed by atoms with Crippen LogP contribution in [0.15, 0.2) is 53.6 Å². The van der Waals surface area contributed by atoms with E-state index >= 15 is 0 Å². The van der Waals surface area contributed by atoms with Crippen LogP contribution >= 0.6 is 0 Å². The number of carboxylic acids is 1. The Bertz CT molecular complexity index is 1010. The molecule has 0 aliphatic heterocycles. The van der Waals surface area contributed by atoms with Crippen LogP contribution in [-0.2, 0) is 23.7 Å². The predicted octanol–water partition coefficient (Wildman–Crippen LogP) is 3.95. The van der Waals surface area contributed by atoms with Crippen molar-refractivity contribution in [1.82, 2.24) is 0 Å². The van der Waals surface area contributed by atoms with Gasteiger partial charge in [0.15, 0.2) is 5.78 Å². The van der Waals surface area contributed by atoms with Crippen LogP contribution in [-0.4, -0.2) is 89.4 Å². The Kier molecular flexibility index (Phi) is 16.4. The minimum Gasteiger partial charge on any atom is -0.494 e. The average molecular weight is 545 g/mol. The van der Waals surface area contributed by atoms with E-state index < -0.39 is 5.97 Å². The van der Waals surface area contributed by atoms with Crippen LogP contribution in [0.25, 0.3) is 10.4 Å². The zero-order chi connectivity index (χ0) is 28.0. The summed E-state index contributed by atoms with van der Waals surface area (Å²) in [5, 5.41) is 15.2. The number of rotatable bonds is 23. The van der Waals surface area contributed by atoms with Crippen molar-refractivity contribution in [2.24, 2.45) is 5.11 Å². The van der Waals surface area contributed by atoms with Gasteiger partial charge in [0.1, 0.15) is 5.75 Å². The Balaban J connectivity index is 1.51. The molecular weight excluding hydrogens is 508 g/mol. The number of ether oxygens (including phenoxy) is 5. The summed E-state index contributed by atoms with van der Waals surface area (Å²) < 4.78 is 27.0. The number of benzene rings is 2. The van der Waals surface area contributed by atoms with Crippen molar-refractivity contribution in [3.05, 3.63) is 70.1 Å². The van der Waals surface area contributed by atoms with Gasteiger partial charge < -0.3 is 34.1 Å². The van der Waals surface area contributed by atoms with Crippen LogP contribution in [0.4, 0.5) is 5.69 Å². The molecular formula is C27H36N4O8. The minimum atomic E-state index is -0.881. The summed E-state index contributed by atoms with van der Waals surface area (Å²) >= 11 is 0. The molecule has 2 rings (SSSR count). The summed E-state index contributed by atoms with van der Waals surface area (Å²) in [7, 11) is 0. The largest absolute Gasteiger partial charge is 0.494 e. The molecule has 0 aliphatic carbocycles. The van der Waals surface area contributed by atoms with Crippen molar-refractivity contribution in [2.75, 3.05) is 77.9 Å². The van der Waals surface area contributed by atoms with Gasteiger partial charge in [-0.2, -0.15) is 0 Å². The number of carbonyl (C=O) groups is 2. The number of aliphatic carboxylic acids is 1. The van der Waals surface area contributed by atoms with Gasteiger partial charge >= 0.3 is 5.97 Å². The third kappa shape index (κ3) is 14.7. The molecule has 0 saturated carbocycles. The quantitative estimate of drug-likeness (QED) is 0.0693. The van der Waals surface area contributed by atoms with Crippen LogP contribution in [0.5, 0.6) is 5.75 Å². The first-order valence-electron chi connectivity index (χ1n) is 12.8. The lowest BCUT2D eigenvalue weighted by molar-refractivity contribution is -0.138. The van der Waals surface area contributed by atoms with Gasteiger partial charge in [-0.15, -0.1) is 0 Å². The van der Waals surface area contributed by atoms with E-state index in [1.165, 1.54) is 0 Å². The SMILES string of the molecule is [N-]=[N+]=NCCCOc1ccc(C(=O)c2ccc(NCCOCCOCCOCCOCCC(=O)O)cc2)cc1. The molecule has 0 radical (unpaired) electrons. The highest BCUT2D eigenvalue weighted by atomic mass is 16.6. The van der Waals surface area contributed by atoms with Crippen LogP contribution in [0.2, 0.25) is 0 Å². The van der Waals surface area contributed by atoms with Gasteiger partial charge in [0, 0.05) is 34.8 Å². The molecule has 0 fully saturated rings. The van der Waals surface area contributed by atoms with Crippen LogP contribution < -0.4 is 10.1 Å². The highest BCUT2D eigenvalue weighted by molar-refractivity contribution is 6.09. The third-order valence-corrected chi connectivity index (χ3v) is 5.15. The number of nitrogens with one attached hydrogen (secondary N) is 1. The first-order valence-corrected chi connectivity index (χ1v) is 12.8. The Morgan fingerprint density at radius 1 is 0.769 bits per heavy atom. The summed E-state index contributed by atoms with van der Waals surface area (Å²) in [6, 6.07) is 14.2. The standard InChI is InChI=1S/C27H36N4O8/c28-31-30-11-1-13-39-25-8-4-23(5-9-25)27(34)22-2-6-24(7-3-22)29-12-15-36-17-19-38-21-20-37-18-16-35-14-10-26(32)33/h2-9,29H,1,10-21H2,(H,32,33). The van der Waals surface area contributed by atoms with Gasteiger partial charge in [0.05, 0.1) is 65.9 Å². The topological polar surface area (TPSA) is 161 Å². The van der Waals surface area contributed by atoms with Crippen LogP contribution in [0.1, 0.15) is 28.8 Å². The zero-order valence-corrected chi connectivity index (χ0v) is 22.0. The van der Waals surface area contributed by atoms with Crippen molar-refractivity contribution < 1.29 is 38.4 Å². The van der Waals surface area contributed by atoms with Crippen molar-refractivity contribution >= 4 is 17.4 Å². The van der Waals surface area contributed by atoms with Crippen LogP contribution in [0.3, 0.4) is 0 Å². The van der Waals surface area contributed by atoms with Gasteiger partial charge in [-0.25, -0.2) is 0 Å². The number of anilines is 1. The zero-order valence-electron chi connectivity index (χ0n) is 22.0. The van der Waals surface area contributed by atoms with E-state index in [0.29, 0.717) is 89.2 Å². The van der Waals surface area contributed by atoms with Crippen molar-refractivity contribution in [2.45, 2.75) is 12.8 Å². The lowest BCUT2D eigenvalue weighted by Crippen LogP contribution is -2.14. The van der Waals surface area contributed by atoms with Crippen molar-refractivity contribution in [3.8, 4) is 5.75 Å². The van der Waals surface area contributed by atoms with Crippen molar-refractivity contribution in [1.29, 1.82) is 0 Å². The number of ketones is 1. The Hall–Kier alpha value is -3.67. The summed E-state index contributed by atoms with van der Waals surface area (Å²) in [6.07, 6.45) is 0.615. The first kappa shape index (κ1) is 31.5. The Labute approximate surface area is 227 Å². The third-order valence-electron chi connectivity index (χ3n) is 5.15. The fraction of sp³-hybridized carbons (Fsp3) is 0.481. The Morgan fingerprint density at radius 2 is 1.31 bits per heavy atom. The molecule has 39 heavy (non-hydrogen) atoms. The number of azide groups is 1. The smallest absolute Gasteiger partial charge is 0.305 e. The molecule has 0 unspecified atom stereocenters. The molecule has 0 aromatic heterocycles. The summed E-state index contributed by atoms with van der Waals surface area (Å²) in [5.74, 6) is -0.299. The number of carbonyl (C=O) groups excluding carboxylic acids is 1. The molecule has 0 bridgehead atoms. The lowest BCUT2D eigenvalue weighted by atomic mass is 10.0. The maximum absolute atomic E-state index is 12.7. The number of carboxylic acid groups (broad SMARTS) is 1. The minimum absolute atomic E-state index is 0.0101. The van der Waals surface area contributed by atoms with Gasteiger partial charge in [-0.05, 0) is 60.5 Å². The van der Waals surface area contributed by atoms with E-state index in [9.17, 15) is 9.59 Å². The molecule has 12 heteroatoms. The number of hydrogen-bond donors (Lipinski definition) is 2. The maximum atomic E-state index is 12.7. The molecule has 12 nitrogen and oxygen atoms in total. The highest BCUT2D eigenvalue weighted by Gasteiger charge is 2.09. The van der Waals surface area contributed by atoms with Crippen LogP contribution in [0, 0.1) is 0 Å². The molecule has 0 atom stereocenters. The van der Waals surface area contributed by atoms with Gasteiger partial charge in [-0.3, -0.25) is 9.59 Å². The number of nitrogens with zero attached hydrogens (tertiary/aromatic N) is 3. The Morgan fingerprint density at radius 3 is 1.87 bits per heavy atom. The molecule has 2 aromatic rings. The van der Waals surface area contributed by atoms with Gasteiger partial charge in [-0.1, -0.05) is 5.11 Å². The summed E-state index contributed by atoms with van der Waals surface area (Å²) in [6.45, 7) is 4.68. The molecule has 2 aromatic carbocycles. The first-order chi connectivity index (χ1) is 19.1. The second-order valence-corrected chi connectivity index (χ2v) is 8.11. The average Bonchev–Trinajstić information content (AvgIpc) is 2.95. The predicted molar refractivity (Wildman–Crippen MR) is 144 cm³/mol. The normalized spacial score (nSPS) is 10.6. The van der Waals surface area contributed by atoms with E-state index in [4.69, 9.17) is 34.3 Å². The van der Waals surface area contributed by atoms with E-state index in [1.807, 2.05) is 12.1 Å². The van der Waals surface area contributed by atoms with Crippen molar-refractivity contribution in [3.63, 3.8) is 0 Å². The molecule has 2 N–H and O–H groups in total. The fourth-order valence-electron chi connectivity index (χ4n) is 3.17. The molecule has 0 aliphatic rings. The molecule has 0 heterocycles. The van der Waals surface area contributed by atoms with Gasteiger partial charge in [0.25, 0.3) is 0 Å². The molecule has 0 saturated heterocycles. The van der Waals surface area contributed by atoms with E-state index in [2.05, 4.69) is 15.3 Å². The van der Waals surface area contributed by atoms with E-state index in [-0.39, 0.29) is 18.8 Å². The number of hydrogen-bond acceptors (Lipinski definition) is 9. The maximum Gasteiger partial charge on any atom is 0.305 e. The second kappa shape index (κ2) is 20.3. The van der Waals surface area contributed by atoms with E-state index in [1.54, 1.807) is 36.4 Å². The lowest BCUT2D eigenvalue weighted by Gasteiger charge is -2.09.